The number of hydrogen-bond donors (Lipinski definition) is 1. The van der Waals surface area contributed by atoms with Crippen LogP contribution in [0.15, 0.2) is 77.7 Å². The zero-order valence-corrected chi connectivity index (χ0v) is 18.5. The maximum absolute atomic E-state index is 13.4. The molecule has 1 amide bonds. The molecule has 0 bridgehead atoms. The zero-order chi connectivity index (χ0) is 22.0. The van der Waals surface area contributed by atoms with Crippen molar-refractivity contribution >= 4 is 21.6 Å². The van der Waals surface area contributed by atoms with E-state index in [0.717, 1.165) is 27.9 Å². The number of anilines is 1. The number of rotatable bonds is 6. The van der Waals surface area contributed by atoms with E-state index in [2.05, 4.69) is 4.72 Å². The molecular formula is C25H26N2O3S. The highest BCUT2D eigenvalue weighted by Crippen LogP contribution is 2.32. The average molecular weight is 435 g/mol. The van der Waals surface area contributed by atoms with Crippen LogP contribution in [0.4, 0.5) is 5.69 Å². The molecule has 160 valence electrons. The average Bonchev–Trinajstić information content (AvgIpc) is 3.21. The number of nitrogens with zero attached hydrogens (tertiary/aromatic N) is 1. The maximum Gasteiger partial charge on any atom is 0.241 e. The minimum atomic E-state index is -3.79. The fourth-order valence-electron chi connectivity index (χ4n) is 4.09. The Kier molecular flexibility index (Phi) is 5.94. The summed E-state index contributed by atoms with van der Waals surface area (Å²) in [5.41, 5.74) is 4.50. The number of fused-ring (bicyclic) bond motifs is 1. The van der Waals surface area contributed by atoms with Crippen LogP contribution in [0.25, 0.3) is 0 Å². The molecule has 0 aliphatic carbocycles. The van der Waals surface area contributed by atoms with E-state index in [1.807, 2.05) is 68.4 Å². The number of carbonyl (C=O) groups is 1. The lowest BCUT2D eigenvalue weighted by molar-refractivity contribution is -0.118. The van der Waals surface area contributed by atoms with Crippen LogP contribution in [0.2, 0.25) is 0 Å². The molecule has 1 heterocycles. The molecule has 6 heteroatoms. The molecule has 1 atom stereocenters. The highest BCUT2D eigenvalue weighted by Gasteiger charge is 2.28. The Morgan fingerprint density at radius 3 is 2.45 bits per heavy atom. The summed E-state index contributed by atoms with van der Waals surface area (Å²) in [6.45, 7) is 4.40. The largest absolute Gasteiger partial charge is 0.312 e. The summed E-state index contributed by atoms with van der Waals surface area (Å²) in [6.07, 6.45) is 1.08. The van der Waals surface area contributed by atoms with Gasteiger partial charge in [0.25, 0.3) is 0 Å². The number of benzene rings is 3. The predicted octanol–water partition coefficient (Wildman–Crippen LogP) is 4.36. The first-order valence-corrected chi connectivity index (χ1v) is 11.9. The van der Waals surface area contributed by atoms with Gasteiger partial charge in [0.2, 0.25) is 15.9 Å². The second kappa shape index (κ2) is 8.65. The standard InChI is InChI=1S/C25H26N2O3S/c1-3-24(28)27-16-15-20-17-21(13-14-23(20)27)31(29,30)26-25(19-10-5-4-6-11-19)22-12-8-7-9-18(22)2/h4-14,17,25-26H,3,15-16H2,1-2H3/t25-/m1/s1. The van der Waals surface area contributed by atoms with Crippen LogP contribution >= 0.6 is 0 Å². The third-order valence-corrected chi connectivity index (χ3v) is 7.19. The number of amides is 1. The van der Waals surface area contributed by atoms with Crippen LogP contribution in [0.3, 0.4) is 0 Å². The van der Waals surface area contributed by atoms with E-state index in [0.29, 0.717) is 19.4 Å². The van der Waals surface area contributed by atoms with E-state index >= 15 is 0 Å². The smallest absolute Gasteiger partial charge is 0.241 e. The van der Waals surface area contributed by atoms with Crippen LogP contribution in [-0.4, -0.2) is 20.9 Å². The lowest BCUT2D eigenvalue weighted by atomic mass is 9.96. The number of nitrogens with one attached hydrogen (secondary N) is 1. The van der Waals surface area contributed by atoms with Crippen LogP contribution < -0.4 is 9.62 Å². The van der Waals surface area contributed by atoms with Crippen molar-refractivity contribution in [3.63, 3.8) is 0 Å². The second-order valence-electron chi connectivity index (χ2n) is 7.76. The van der Waals surface area contributed by atoms with Crippen molar-refractivity contribution in [3.05, 3.63) is 95.1 Å². The van der Waals surface area contributed by atoms with Crippen molar-refractivity contribution < 1.29 is 13.2 Å². The maximum atomic E-state index is 13.4. The molecule has 0 fully saturated rings. The number of carbonyl (C=O) groups excluding carboxylic acids is 1. The van der Waals surface area contributed by atoms with Crippen molar-refractivity contribution in [2.24, 2.45) is 0 Å². The Labute approximate surface area is 183 Å². The van der Waals surface area contributed by atoms with Crippen LogP contribution in [0, 0.1) is 6.92 Å². The third-order valence-electron chi connectivity index (χ3n) is 5.77. The van der Waals surface area contributed by atoms with Crippen molar-refractivity contribution in [3.8, 4) is 0 Å². The summed E-state index contributed by atoms with van der Waals surface area (Å²) < 4.78 is 29.7. The summed E-state index contributed by atoms with van der Waals surface area (Å²) in [5.74, 6) is 0.0520. The number of hydrogen-bond acceptors (Lipinski definition) is 3. The van der Waals surface area contributed by atoms with Crippen molar-refractivity contribution in [2.45, 2.75) is 37.6 Å². The fraction of sp³-hybridized carbons (Fsp3) is 0.240. The first-order valence-electron chi connectivity index (χ1n) is 10.5. The van der Waals surface area contributed by atoms with E-state index < -0.39 is 16.1 Å². The molecule has 0 radical (unpaired) electrons. The van der Waals surface area contributed by atoms with Gasteiger partial charge in [-0.25, -0.2) is 8.42 Å². The van der Waals surface area contributed by atoms with E-state index in [4.69, 9.17) is 0 Å². The highest BCUT2D eigenvalue weighted by atomic mass is 32.2. The van der Waals surface area contributed by atoms with E-state index in [9.17, 15) is 13.2 Å². The summed E-state index contributed by atoms with van der Waals surface area (Å²) in [4.78, 5) is 14.1. The monoisotopic (exact) mass is 434 g/mol. The van der Waals surface area contributed by atoms with Crippen molar-refractivity contribution in [2.75, 3.05) is 11.4 Å². The normalized spacial score (nSPS) is 14.3. The second-order valence-corrected chi connectivity index (χ2v) is 9.48. The van der Waals surface area contributed by atoms with Crippen LogP contribution in [0.5, 0.6) is 0 Å². The third kappa shape index (κ3) is 4.27. The Morgan fingerprint density at radius 1 is 1.03 bits per heavy atom. The van der Waals surface area contributed by atoms with E-state index in [1.54, 1.807) is 23.1 Å². The molecule has 0 saturated carbocycles. The van der Waals surface area contributed by atoms with Crippen LogP contribution in [-0.2, 0) is 21.2 Å². The minimum Gasteiger partial charge on any atom is -0.312 e. The van der Waals surface area contributed by atoms with Gasteiger partial charge in [0.1, 0.15) is 0 Å². The molecule has 1 N–H and O–H groups in total. The van der Waals surface area contributed by atoms with Crippen molar-refractivity contribution in [1.29, 1.82) is 0 Å². The van der Waals surface area contributed by atoms with Gasteiger partial charge in [-0.1, -0.05) is 61.5 Å². The Bertz CT molecular complexity index is 1210. The topological polar surface area (TPSA) is 66.5 Å². The molecule has 0 saturated heterocycles. The van der Waals surface area contributed by atoms with Gasteiger partial charge in [-0.15, -0.1) is 0 Å². The lowest BCUT2D eigenvalue weighted by Gasteiger charge is -2.22. The zero-order valence-electron chi connectivity index (χ0n) is 17.7. The van der Waals surface area contributed by atoms with Gasteiger partial charge in [0.05, 0.1) is 10.9 Å². The van der Waals surface area contributed by atoms with Gasteiger partial charge in [0, 0.05) is 18.7 Å². The van der Waals surface area contributed by atoms with Gasteiger partial charge in [-0.05, 0) is 53.8 Å². The van der Waals surface area contributed by atoms with Gasteiger partial charge >= 0.3 is 0 Å². The molecule has 4 rings (SSSR count). The Balaban J connectivity index is 1.70. The molecule has 3 aromatic carbocycles. The lowest BCUT2D eigenvalue weighted by Crippen LogP contribution is -2.30. The highest BCUT2D eigenvalue weighted by molar-refractivity contribution is 7.89. The summed E-state index contributed by atoms with van der Waals surface area (Å²) >= 11 is 0. The number of sulfonamides is 1. The molecule has 5 nitrogen and oxygen atoms in total. The minimum absolute atomic E-state index is 0.0520. The predicted molar refractivity (Wildman–Crippen MR) is 123 cm³/mol. The van der Waals surface area contributed by atoms with E-state index in [1.165, 1.54) is 0 Å². The first kappa shape index (κ1) is 21.3. The summed E-state index contributed by atoms with van der Waals surface area (Å²) in [6, 6.07) is 21.9. The SMILES string of the molecule is CCC(=O)N1CCc2cc(S(=O)(=O)N[C@H](c3ccccc3)c3ccccc3C)ccc21. The molecule has 0 spiro atoms. The molecule has 3 aromatic rings. The van der Waals surface area contributed by atoms with Crippen LogP contribution in [0.1, 0.15) is 41.6 Å². The fourth-order valence-corrected chi connectivity index (χ4v) is 5.34. The molecule has 1 aliphatic heterocycles. The number of aryl methyl sites for hydroxylation is 1. The molecule has 0 unspecified atom stereocenters. The van der Waals surface area contributed by atoms with Gasteiger partial charge in [0.15, 0.2) is 0 Å². The summed E-state index contributed by atoms with van der Waals surface area (Å²) in [5, 5.41) is 0. The van der Waals surface area contributed by atoms with Gasteiger partial charge in [-0.2, -0.15) is 4.72 Å². The Hall–Kier alpha value is -2.96. The Morgan fingerprint density at radius 2 is 1.74 bits per heavy atom. The molecule has 31 heavy (non-hydrogen) atoms. The van der Waals surface area contributed by atoms with Crippen molar-refractivity contribution in [1.82, 2.24) is 4.72 Å². The molecular weight excluding hydrogens is 408 g/mol. The van der Waals surface area contributed by atoms with Gasteiger partial charge < -0.3 is 4.90 Å². The molecule has 0 aromatic heterocycles. The summed E-state index contributed by atoms with van der Waals surface area (Å²) in [7, 11) is -3.79. The van der Waals surface area contributed by atoms with Gasteiger partial charge in [-0.3, -0.25) is 4.79 Å². The van der Waals surface area contributed by atoms with E-state index in [-0.39, 0.29) is 10.8 Å². The first-order chi connectivity index (χ1) is 14.9. The molecule has 1 aliphatic rings. The quantitative estimate of drug-likeness (QED) is 0.627.